The number of aryl methyl sites for hydroxylation is 2. The maximum atomic E-state index is 12.7. The van der Waals surface area contributed by atoms with Gasteiger partial charge in [-0.05, 0) is 62.2 Å². The normalized spacial score (nSPS) is 13.7. The van der Waals surface area contributed by atoms with Crippen molar-refractivity contribution >= 4 is 17.5 Å². The fraction of sp³-hybridized carbons (Fsp3) is 0.320. The summed E-state index contributed by atoms with van der Waals surface area (Å²) in [4.78, 5) is 16.7. The zero-order chi connectivity index (χ0) is 22.5. The summed E-state index contributed by atoms with van der Waals surface area (Å²) in [6, 6.07) is 17.7. The van der Waals surface area contributed by atoms with E-state index >= 15 is 0 Å². The molecule has 0 saturated carbocycles. The number of para-hydroxylation sites is 2. The summed E-state index contributed by atoms with van der Waals surface area (Å²) in [5.41, 5.74) is 5.13. The quantitative estimate of drug-likeness (QED) is 0.643. The zero-order valence-electron chi connectivity index (χ0n) is 18.8. The third kappa shape index (κ3) is 4.82. The van der Waals surface area contributed by atoms with Crippen molar-refractivity contribution in [3.05, 3.63) is 65.7 Å². The predicted octanol–water partition coefficient (Wildman–Crippen LogP) is 4.51. The number of hydrogen-bond donors (Lipinski definition) is 1. The van der Waals surface area contributed by atoms with Crippen LogP contribution in [-0.4, -0.2) is 53.9 Å². The van der Waals surface area contributed by atoms with Gasteiger partial charge < -0.3 is 19.9 Å². The molecule has 0 aliphatic carbocycles. The monoisotopic (exact) mass is 431 g/mol. The van der Waals surface area contributed by atoms with Crippen molar-refractivity contribution in [1.29, 1.82) is 0 Å². The second kappa shape index (κ2) is 9.68. The average Bonchev–Trinajstić information content (AvgIpc) is 2.82. The Balaban J connectivity index is 1.35. The minimum atomic E-state index is -0.118. The highest BCUT2D eigenvalue weighted by Crippen LogP contribution is 2.25. The lowest BCUT2D eigenvalue weighted by molar-refractivity contribution is 0.208. The van der Waals surface area contributed by atoms with E-state index in [0.717, 1.165) is 17.1 Å². The topological polar surface area (TPSA) is 70.6 Å². The number of carbonyl (C=O) groups is 1. The molecule has 2 aromatic carbocycles. The number of urea groups is 1. The molecule has 1 aliphatic rings. The second-order valence-corrected chi connectivity index (χ2v) is 7.91. The smallest absolute Gasteiger partial charge is 0.322 e. The van der Waals surface area contributed by atoms with Crippen molar-refractivity contribution in [2.75, 3.05) is 43.0 Å². The molecule has 2 amide bonds. The first kappa shape index (κ1) is 21.6. The van der Waals surface area contributed by atoms with Gasteiger partial charge in [0.05, 0.1) is 18.0 Å². The number of hydrogen-bond acceptors (Lipinski definition) is 5. The lowest BCUT2D eigenvalue weighted by atomic mass is 10.0. The maximum absolute atomic E-state index is 12.7. The number of anilines is 2. The van der Waals surface area contributed by atoms with Crippen molar-refractivity contribution in [2.45, 2.75) is 20.8 Å². The summed E-state index contributed by atoms with van der Waals surface area (Å²) in [5.74, 6) is 1.51. The lowest BCUT2D eigenvalue weighted by Crippen LogP contribution is -2.50. The van der Waals surface area contributed by atoms with Crippen molar-refractivity contribution in [2.24, 2.45) is 0 Å². The molecule has 0 bridgehead atoms. The van der Waals surface area contributed by atoms with Crippen LogP contribution >= 0.6 is 0 Å². The number of rotatable bonds is 5. The Morgan fingerprint density at radius 2 is 1.75 bits per heavy atom. The van der Waals surface area contributed by atoms with E-state index < -0.39 is 0 Å². The Morgan fingerprint density at radius 1 is 0.969 bits per heavy atom. The Kier molecular flexibility index (Phi) is 6.54. The number of aromatic nitrogens is 2. The minimum Gasteiger partial charge on any atom is -0.492 e. The molecule has 32 heavy (non-hydrogen) atoms. The van der Waals surface area contributed by atoms with Gasteiger partial charge in [-0.3, -0.25) is 0 Å². The zero-order valence-corrected chi connectivity index (χ0v) is 18.8. The molecular weight excluding hydrogens is 402 g/mol. The summed E-state index contributed by atoms with van der Waals surface area (Å²) < 4.78 is 5.60. The number of piperazine rings is 1. The van der Waals surface area contributed by atoms with Crippen LogP contribution in [0.15, 0.2) is 54.6 Å². The van der Waals surface area contributed by atoms with Gasteiger partial charge in [-0.1, -0.05) is 24.3 Å². The van der Waals surface area contributed by atoms with E-state index in [4.69, 9.17) is 4.74 Å². The number of nitrogens with zero attached hydrogens (tertiary/aromatic N) is 4. The Morgan fingerprint density at radius 3 is 2.44 bits per heavy atom. The summed E-state index contributed by atoms with van der Waals surface area (Å²) in [5, 5.41) is 11.8. The van der Waals surface area contributed by atoms with Crippen molar-refractivity contribution in [3.63, 3.8) is 0 Å². The number of amides is 2. The molecule has 4 rings (SSSR count). The first-order chi connectivity index (χ1) is 15.5. The van der Waals surface area contributed by atoms with E-state index in [1.807, 2.05) is 48.2 Å². The highest BCUT2D eigenvalue weighted by Gasteiger charge is 2.23. The highest BCUT2D eigenvalue weighted by atomic mass is 16.5. The fourth-order valence-electron chi connectivity index (χ4n) is 3.73. The first-order valence-corrected chi connectivity index (χ1v) is 11.0. The highest BCUT2D eigenvalue weighted by molar-refractivity contribution is 5.91. The van der Waals surface area contributed by atoms with Crippen LogP contribution in [0.3, 0.4) is 0 Å². The maximum Gasteiger partial charge on any atom is 0.322 e. The fourth-order valence-corrected chi connectivity index (χ4v) is 3.73. The molecule has 0 unspecified atom stereocenters. The largest absolute Gasteiger partial charge is 0.492 e. The molecular formula is C25H29N5O2. The minimum absolute atomic E-state index is 0.118. The van der Waals surface area contributed by atoms with Crippen LogP contribution in [0.1, 0.15) is 18.1 Å². The van der Waals surface area contributed by atoms with Gasteiger partial charge in [0, 0.05) is 31.7 Å². The number of nitrogens with one attached hydrogen (secondary N) is 1. The third-order valence-electron chi connectivity index (χ3n) is 5.77. The standard InChI is InChI=1S/C25H29N5O2/c1-4-32-23-8-6-5-7-22(23)26-25(31)30-15-13-29(14-16-30)24-12-11-21(27-28-24)20-10-9-18(2)19(3)17-20/h5-12,17H,4,13-16H2,1-3H3,(H,26,31). The Bertz CT molecular complexity index is 1080. The molecule has 7 nitrogen and oxygen atoms in total. The van der Waals surface area contributed by atoms with Crippen molar-refractivity contribution in [1.82, 2.24) is 15.1 Å². The number of carbonyl (C=O) groups excluding carboxylic acids is 1. The van der Waals surface area contributed by atoms with Gasteiger partial charge in [0.2, 0.25) is 0 Å². The average molecular weight is 432 g/mol. The molecule has 1 saturated heterocycles. The molecule has 0 spiro atoms. The van der Waals surface area contributed by atoms with Crippen LogP contribution in [0, 0.1) is 13.8 Å². The van der Waals surface area contributed by atoms with E-state index in [1.165, 1.54) is 11.1 Å². The molecule has 1 fully saturated rings. The van der Waals surface area contributed by atoms with Crippen molar-refractivity contribution in [3.8, 4) is 17.0 Å². The number of ether oxygens (including phenoxy) is 1. The summed E-state index contributed by atoms with van der Waals surface area (Å²) in [6.07, 6.45) is 0. The molecule has 1 N–H and O–H groups in total. The lowest BCUT2D eigenvalue weighted by Gasteiger charge is -2.35. The SMILES string of the molecule is CCOc1ccccc1NC(=O)N1CCN(c2ccc(-c3ccc(C)c(C)c3)nn2)CC1. The second-order valence-electron chi connectivity index (χ2n) is 7.91. The van der Waals surface area contributed by atoms with Gasteiger partial charge in [0.25, 0.3) is 0 Å². The van der Waals surface area contributed by atoms with Gasteiger partial charge in [-0.25, -0.2) is 4.79 Å². The Labute approximate surface area is 189 Å². The van der Waals surface area contributed by atoms with Crippen LogP contribution in [-0.2, 0) is 0 Å². The van der Waals surface area contributed by atoms with Crippen LogP contribution in [0.2, 0.25) is 0 Å². The summed E-state index contributed by atoms with van der Waals surface area (Å²) in [7, 11) is 0. The van der Waals surface area contributed by atoms with Crippen LogP contribution in [0.5, 0.6) is 5.75 Å². The van der Waals surface area contributed by atoms with E-state index in [1.54, 1.807) is 0 Å². The molecule has 0 radical (unpaired) electrons. The van der Waals surface area contributed by atoms with E-state index in [-0.39, 0.29) is 6.03 Å². The Hall–Kier alpha value is -3.61. The molecule has 0 atom stereocenters. The van der Waals surface area contributed by atoms with Gasteiger partial charge in [-0.15, -0.1) is 10.2 Å². The number of benzene rings is 2. The third-order valence-corrected chi connectivity index (χ3v) is 5.77. The first-order valence-electron chi connectivity index (χ1n) is 11.0. The molecule has 3 aromatic rings. The molecule has 2 heterocycles. The molecule has 7 heteroatoms. The molecule has 1 aliphatic heterocycles. The molecule has 1 aromatic heterocycles. The summed E-state index contributed by atoms with van der Waals surface area (Å²) >= 11 is 0. The van der Waals surface area contributed by atoms with Gasteiger partial charge >= 0.3 is 6.03 Å². The van der Waals surface area contributed by atoms with E-state index in [2.05, 4.69) is 52.5 Å². The van der Waals surface area contributed by atoms with Crippen LogP contribution in [0.4, 0.5) is 16.3 Å². The van der Waals surface area contributed by atoms with Crippen LogP contribution < -0.4 is 15.0 Å². The molecule has 166 valence electrons. The van der Waals surface area contributed by atoms with Gasteiger partial charge in [-0.2, -0.15) is 0 Å². The van der Waals surface area contributed by atoms with E-state index in [9.17, 15) is 4.79 Å². The van der Waals surface area contributed by atoms with Gasteiger partial charge in [0.15, 0.2) is 5.82 Å². The van der Waals surface area contributed by atoms with E-state index in [0.29, 0.717) is 44.2 Å². The van der Waals surface area contributed by atoms with Crippen LogP contribution in [0.25, 0.3) is 11.3 Å². The summed E-state index contributed by atoms with van der Waals surface area (Å²) in [6.45, 7) is 9.32. The van der Waals surface area contributed by atoms with Crippen molar-refractivity contribution < 1.29 is 9.53 Å². The van der Waals surface area contributed by atoms with Gasteiger partial charge in [0.1, 0.15) is 5.75 Å². The predicted molar refractivity (Wildman–Crippen MR) is 127 cm³/mol.